The third-order valence-electron chi connectivity index (χ3n) is 1.42. The van der Waals surface area contributed by atoms with Gasteiger partial charge in [-0.3, -0.25) is 4.79 Å². The molecule has 3 nitrogen and oxygen atoms in total. The Morgan fingerprint density at radius 1 is 1.50 bits per heavy atom. The minimum absolute atomic E-state index is 0.115. The number of carbonyl (C=O) groups is 1. The lowest BCUT2D eigenvalue weighted by Gasteiger charge is -2.02. The van der Waals surface area contributed by atoms with Crippen LogP contribution < -0.4 is 5.32 Å². The van der Waals surface area contributed by atoms with Crippen molar-refractivity contribution in [2.24, 2.45) is 0 Å². The van der Waals surface area contributed by atoms with Crippen LogP contribution in [0.15, 0.2) is 0 Å². The van der Waals surface area contributed by atoms with Crippen molar-refractivity contribution in [1.82, 2.24) is 5.32 Å². The second kappa shape index (κ2) is 9.00. The van der Waals surface area contributed by atoms with Crippen molar-refractivity contribution in [2.75, 3.05) is 25.6 Å². The van der Waals surface area contributed by atoms with E-state index in [9.17, 15) is 4.79 Å². The minimum Gasteiger partial charge on any atom is -0.385 e. The summed E-state index contributed by atoms with van der Waals surface area (Å²) in [7, 11) is 1.68. The van der Waals surface area contributed by atoms with Crippen molar-refractivity contribution in [3.8, 4) is 0 Å². The van der Waals surface area contributed by atoms with E-state index in [4.69, 9.17) is 4.74 Å². The number of amides is 1. The molecule has 0 aromatic carbocycles. The van der Waals surface area contributed by atoms with Gasteiger partial charge in [0.25, 0.3) is 0 Å². The number of nitrogens with one attached hydrogen (secondary N) is 1. The second-order valence-electron chi connectivity index (χ2n) is 2.49. The molecular formula is C8H16BrNO2. The maximum absolute atomic E-state index is 10.9. The Kier molecular flexibility index (Phi) is 8.93. The van der Waals surface area contributed by atoms with Gasteiger partial charge in [-0.1, -0.05) is 15.9 Å². The van der Waals surface area contributed by atoms with Gasteiger partial charge in [-0.05, 0) is 12.8 Å². The maximum Gasteiger partial charge on any atom is 0.220 e. The van der Waals surface area contributed by atoms with Crippen LogP contribution in [0.3, 0.4) is 0 Å². The number of methoxy groups -OCH3 is 1. The first-order chi connectivity index (χ1) is 5.81. The van der Waals surface area contributed by atoms with E-state index in [2.05, 4.69) is 21.2 Å². The third kappa shape index (κ3) is 8.01. The Bertz CT molecular complexity index is 120. The van der Waals surface area contributed by atoms with Crippen molar-refractivity contribution in [2.45, 2.75) is 19.3 Å². The van der Waals surface area contributed by atoms with Crippen LogP contribution >= 0.6 is 15.9 Å². The molecule has 1 amide bonds. The van der Waals surface area contributed by atoms with Crippen LogP contribution in [0.5, 0.6) is 0 Å². The van der Waals surface area contributed by atoms with Crippen molar-refractivity contribution in [1.29, 1.82) is 0 Å². The Hall–Kier alpha value is -0.0900. The molecule has 0 saturated carbocycles. The van der Waals surface area contributed by atoms with E-state index in [1.807, 2.05) is 0 Å². The summed E-state index contributed by atoms with van der Waals surface area (Å²) in [6.45, 7) is 1.53. The zero-order valence-electron chi connectivity index (χ0n) is 7.44. The molecule has 0 aliphatic carbocycles. The van der Waals surface area contributed by atoms with Gasteiger partial charge in [-0.15, -0.1) is 0 Å². The van der Waals surface area contributed by atoms with E-state index in [0.717, 1.165) is 31.3 Å². The molecule has 0 fully saturated rings. The smallest absolute Gasteiger partial charge is 0.220 e. The summed E-state index contributed by atoms with van der Waals surface area (Å²) in [4.78, 5) is 10.9. The summed E-state index contributed by atoms with van der Waals surface area (Å²) < 4.78 is 4.88. The highest BCUT2D eigenvalue weighted by molar-refractivity contribution is 9.09. The summed E-state index contributed by atoms with van der Waals surface area (Å²) in [5.41, 5.74) is 0. The molecule has 0 aromatic rings. The van der Waals surface area contributed by atoms with E-state index in [0.29, 0.717) is 6.42 Å². The lowest BCUT2D eigenvalue weighted by atomic mass is 10.3. The lowest BCUT2D eigenvalue weighted by molar-refractivity contribution is -0.120. The fraction of sp³-hybridized carbons (Fsp3) is 0.875. The van der Waals surface area contributed by atoms with Crippen LogP contribution in [0.4, 0.5) is 0 Å². The largest absolute Gasteiger partial charge is 0.385 e. The van der Waals surface area contributed by atoms with Gasteiger partial charge in [0.05, 0.1) is 0 Å². The predicted molar refractivity (Wildman–Crippen MR) is 52.5 cm³/mol. The van der Waals surface area contributed by atoms with E-state index >= 15 is 0 Å². The highest BCUT2D eigenvalue weighted by atomic mass is 79.9. The molecule has 0 heterocycles. The van der Waals surface area contributed by atoms with Crippen molar-refractivity contribution >= 4 is 21.8 Å². The molecule has 12 heavy (non-hydrogen) atoms. The molecule has 0 saturated heterocycles. The molecule has 1 N–H and O–H groups in total. The van der Waals surface area contributed by atoms with Gasteiger partial charge in [-0.2, -0.15) is 0 Å². The van der Waals surface area contributed by atoms with Gasteiger partial charge in [-0.25, -0.2) is 0 Å². The van der Waals surface area contributed by atoms with Crippen LogP contribution in [0.25, 0.3) is 0 Å². The SMILES string of the molecule is COCCCCNC(=O)CCBr. The number of ether oxygens (including phenoxy) is 1. The fourth-order valence-electron chi connectivity index (χ4n) is 0.773. The van der Waals surface area contributed by atoms with Crippen molar-refractivity contribution in [3.63, 3.8) is 0 Å². The molecule has 0 atom stereocenters. The summed E-state index contributed by atoms with van der Waals surface area (Å²) in [5, 5.41) is 3.55. The zero-order valence-corrected chi connectivity index (χ0v) is 9.02. The molecule has 0 spiro atoms. The first-order valence-electron chi connectivity index (χ1n) is 4.13. The normalized spacial score (nSPS) is 9.83. The van der Waals surface area contributed by atoms with Crippen LogP contribution in [-0.4, -0.2) is 31.5 Å². The first-order valence-corrected chi connectivity index (χ1v) is 5.25. The topological polar surface area (TPSA) is 38.3 Å². The monoisotopic (exact) mass is 237 g/mol. The first kappa shape index (κ1) is 11.9. The number of hydrogen-bond donors (Lipinski definition) is 1. The zero-order chi connectivity index (χ0) is 9.23. The van der Waals surface area contributed by atoms with Crippen molar-refractivity contribution < 1.29 is 9.53 Å². The fourth-order valence-corrected chi connectivity index (χ4v) is 1.13. The van der Waals surface area contributed by atoms with Gasteiger partial charge in [0, 0.05) is 32.0 Å². The van der Waals surface area contributed by atoms with Gasteiger partial charge in [0.1, 0.15) is 0 Å². The Morgan fingerprint density at radius 2 is 2.25 bits per heavy atom. The summed E-state index contributed by atoms with van der Waals surface area (Å²) in [6.07, 6.45) is 2.55. The van der Waals surface area contributed by atoms with Gasteiger partial charge in [0.2, 0.25) is 5.91 Å². The average molecular weight is 238 g/mol. The average Bonchev–Trinajstić information content (AvgIpc) is 2.05. The lowest BCUT2D eigenvalue weighted by Crippen LogP contribution is -2.24. The molecule has 4 heteroatoms. The molecule has 0 rings (SSSR count). The molecule has 0 bridgehead atoms. The molecule has 72 valence electrons. The van der Waals surface area contributed by atoms with Crippen LogP contribution in [0.2, 0.25) is 0 Å². The van der Waals surface area contributed by atoms with E-state index in [1.165, 1.54) is 0 Å². The van der Waals surface area contributed by atoms with Crippen LogP contribution in [-0.2, 0) is 9.53 Å². The summed E-state index contributed by atoms with van der Waals surface area (Å²) >= 11 is 3.20. The maximum atomic E-state index is 10.9. The van der Waals surface area contributed by atoms with Crippen LogP contribution in [0.1, 0.15) is 19.3 Å². The van der Waals surface area contributed by atoms with Gasteiger partial charge < -0.3 is 10.1 Å². The number of carbonyl (C=O) groups excluding carboxylic acids is 1. The molecule has 0 unspecified atom stereocenters. The molecule has 0 aliphatic rings. The Morgan fingerprint density at radius 3 is 2.83 bits per heavy atom. The molecule has 0 aliphatic heterocycles. The Balaban J connectivity index is 3.03. The summed E-state index contributed by atoms with van der Waals surface area (Å²) in [6, 6.07) is 0. The van der Waals surface area contributed by atoms with Crippen molar-refractivity contribution in [3.05, 3.63) is 0 Å². The standard InChI is InChI=1S/C8H16BrNO2/c1-12-7-3-2-6-10-8(11)4-5-9/h2-7H2,1H3,(H,10,11). The van der Waals surface area contributed by atoms with Gasteiger partial charge >= 0.3 is 0 Å². The highest BCUT2D eigenvalue weighted by Gasteiger charge is 1.97. The minimum atomic E-state index is 0.115. The number of halogens is 1. The van der Waals surface area contributed by atoms with E-state index < -0.39 is 0 Å². The second-order valence-corrected chi connectivity index (χ2v) is 3.28. The predicted octanol–water partition coefficient (Wildman–Crippen LogP) is 1.31. The number of alkyl halides is 1. The Labute approximate surface area is 82.0 Å². The quantitative estimate of drug-likeness (QED) is 0.536. The van der Waals surface area contributed by atoms with Crippen LogP contribution in [0, 0.1) is 0 Å². The molecular weight excluding hydrogens is 222 g/mol. The summed E-state index contributed by atoms with van der Waals surface area (Å²) in [5.74, 6) is 0.115. The molecule has 0 radical (unpaired) electrons. The van der Waals surface area contributed by atoms with Gasteiger partial charge in [0.15, 0.2) is 0 Å². The van der Waals surface area contributed by atoms with E-state index in [1.54, 1.807) is 7.11 Å². The third-order valence-corrected chi connectivity index (χ3v) is 1.82. The molecule has 0 aromatic heterocycles. The number of rotatable bonds is 7. The van der Waals surface area contributed by atoms with E-state index in [-0.39, 0.29) is 5.91 Å². The number of unbranched alkanes of at least 4 members (excludes halogenated alkanes) is 1. The highest BCUT2D eigenvalue weighted by Crippen LogP contribution is 1.89. The number of hydrogen-bond acceptors (Lipinski definition) is 2.